The summed E-state index contributed by atoms with van der Waals surface area (Å²) in [4.78, 5) is 5.18. The summed E-state index contributed by atoms with van der Waals surface area (Å²) in [5.41, 5.74) is 0. The Morgan fingerprint density at radius 1 is 1.06 bits per heavy atom. The van der Waals surface area contributed by atoms with Gasteiger partial charge in [-0.25, -0.2) is 0 Å². The molecule has 1 heterocycles. The van der Waals surface area contributed by atoms with Crippen molar-refractivity contribution in [3.63, 3.8) is 0 Å². The van der Waals surface area contributed by atoms with E-state index in [-0.39, 0.29) is 0 Å². The third-order valence-corrected chi connectivity index (χ3v) is 4.62. The van der Waals surface area contributed by atoms with E-state index in [1.165, 1.54) is 71.4 Å². The zero-order valence-electron chi connectivity index (χ0n) is 12.3. The van der Waals surface area contributed by atoms with Crippen molar-refractivity contribution in [3.8, 4) is 0 Å². The van der Waals surface area contributed by atoms with Gasteiger partial charge in [0.15, 0.2) is 0 Å². The Morgan fingerprint density at radius 3 is 2.78 bits per heavy atom. The second-order valence-corrected chi connectivity index (χ2v) is 6.21. The number of rotatable bonds is 5. The average molecular weight is 253 g/mol. The first-order chi connectivity index (χ1) is 8.79. The second-order valence-electron chi connectivity index (χ2n) is 6.21. The lowest BCUT2D eigenvalue weighted by Gasteiger charge is -2.28. The Balaban J connectivity index is 1.76. The Morgan fingerprint density at radius 2 is 1.94 bits per heavy atom. The maximum Gasteiger partial charge on any atom is 0.0109 e. The predicted octanol–water partition coefficient (Wildman–Crippen LogP) is 1.79. The second kappa shape index (κ2) is 7.46. The van der Waals surface area contributed by atoms with Crippen LogP contribution in [0.5, 0.6) is 0 Å². The molecule has 2 rings (SSSR count). The lowest BCUT2D eigenvalue weighted by molar-refractivity contribution is 0.218. The van der Waals surface area contributed by atoms with Crippen molar-refractivity contribution in [2.75, 3.05) is 46.3 Å². The number of nitrogens with one attached hydrogen (secondary N) is 1. The molecule has 2 unspecified atom stereocenters. The van der Waals surface area contributed by atoms with Gasteiger partial charge in [-0.3, -0.25) is 0 Å². The summed E-state index contributed by atoms with van der Waals surface area (Å²) in [5, 5.41) is 3.76. The molecule has 1 saturated carbocycles. The highest BCUT2D eigenvalue weighted by Crippen LogP contribution is 2.26. The minimum atomic E-state index is 0.797. The third kappa shape index (κ3) is 4.22. The van der Waals surface area contributed by atoms with E-state index < -0.39 is 0 Å². The van der Waals surface area contributed by atoms with Crippen molar-refractivity contribution in [1.29, 1.82) is 0 Å². The first-order valence-corrected chi connectivity index (χ1v) is 7.94. The Labute approximate surface area is 113 Å². The summed E-state index contributed by atoms with van der Waals surface area (Å²) < 4.78 is 0. The molecule has 18 heavy (non-hydrogen) atoms. The number of hydrogen-bond acceptors (Lipinski definition) is 3. The molecule has 0 aromatic rings. The predicted molar refractivity (Wildman–Crippen MR) is 78.0 cm³/mol. The van der Waals surface area contributed by atoms with Crippen molar-refractivity contribution in [1.82, 2.24) is 15.1 Å². The smallest absolute Gasteiger partial charge is 0.0109 e. The fraction of sp³-hybridized carbons (Fsp3) is 1.00. The topological polar surface area (TPSA) is 18.5 Å². The largest absolute Gasteiger partial charge is 0.314 e. The van der Waals surface area contributed by atoms with Gasteiger partial charge in [0.2, 0.25) is 0 Å². The van der Waals surface area contributed by atoms with E-state index in [4.69, 9.17) is 0 Å². The zero-order valence-corrected chi connectivity index (χ0v) is 12.3. The maximum absolute atomic E-state index is 3.76. The van der Waals surface area contributed by atoms with Gasteiger partial charge in [-0.1, -0.05) is 13.3 Å². The summed E-state index contributed by atoms with van der Waals surface area (Å²) in [7, 11) is 2.25. The van der Waals surface area contributed by atoms with E-state index in [0.717, 1.165) is 12.0 Å². The Kier molecular flexibility index (Phi) is 5.93. The molecule has 2 fully saturated rings. The van der Waals surface area contributed by atoms with Crippen molar-refractivity contribution in [2.45, 2.75) is 45.1 Å². The van der Waals surface area contributed by atoms with Crippen LogP contribution in [-0.2, 0) is 0 Å². The average Bonchev–Trinajstić information content (AvgIpc) is 2.70. The van der Waals surface area contributed by atoms with Crippen LogP contribution in [0.2, 0.25) is 0 Å². The van der Waals surface area contributed by atoms with Crippen molar-refractivity contribution in [3.05, 3.63) is 0 Å². The molecule has 0 spiro atoms. The Bertz CT molecular complexity index is 232. The van der Waals surface area contributed by atoms with Gasteiger partial charge in [0.05, 0.1) is 0 Å². The van der Waals surface area contributed by atoms with E-state index in [1.54, 1.807) is 0 Å². The van der Waals surface area contributed by atoms with Crippen molar-refractivity contribution in [2.24, 2.45) is 5.92 Å². The number of nitrogens with zero attached hydrogens (tertiary/aromatic N) is 2. The monoisotopic (exact) mass is 253 g/mol. The molecule has 1 saturated heterocycles. The molecule has 106 valence electrons. The SMILES string of the molecule is CCCNC1CCCC1CN1CCCN(C)CC1. The van der Waals surface area contributed by atoms with Gasteiger partial charge < -0.3 is 15.1 Å². The van der Waals surface area contributed by atoms with Crippen LogP contribution < -0.4 is 5.32 Å². The van der Waals surface area contributed by atoms with Gasteiger partial charge in [0.25, 0.3) is 0 Å². The highest BCUT2D eigenvalue weighted by Gasteiger charge is 2.28. The van der Waals surface area contributed by atoms with Gasteiger partial charge in [-0.2, -0.15) is 0 Å². The molecule has 1 aliphatic carbocycles. The summed E-state index contributed by atoms with van der Waals surface area (Å²) >= 11 is 0. The first-order valence-electron chi connectivity index (χ1n) is 7.94. The van der Waals surface area contributed by atoms with E-state index >= 15 is 0 Å². The molecule has 3 nitrogen and oxygen atoms in total. The van der Waals surface area contributed by atoms with E-state index in [9.17, 15) is 0 Å². The molecular formula is C15H31N3. The summed E-state index contributed by atoms with van der Waals surface area (Å²) in [5.74, 6) is 0.903. The molecule has 0 bridgehead atoms. The fourth-order valence-electron chi connectivity index (χ4n) is 3.47. The van der Waals surface area contributed by atoms with Crippen LogP contribution >= 0.6 is 0 Å². The quantitative estimate of drug-likeness (QED) is 0.806. The maximum atomic E-state index is 3.76. The van der Waals surface area contributed by atoms with Crippen LogP contribution in [0.25, 0.3) is 0 Å². The normalized spacial score (nSPS) is 31.7. The van der Waals surface area contributed by atoms with Crippen LogP contribution in [0, 0.1) is 5.92 Å². The minimum Gasteiger partial charge on any atom is -0.314 e. The highest BCUT2D eigenvalue weighted by atomic mass is 15.2. The molecular weight excluding hydrogens is 222 g/mol. The summed E-state index contributed by atoms with van der Waals surface area (Å²) in [6, 6.07) is 0.797. The van der Waals surface area contributed by atoms with E-state index in [1.807, 2.05) is 0 Å². The highest BCUT2D eigenvalue weighted by molar-refractivity contribution is 4.85. The molecule has 3 heteroatoms. The molecule has 1 N–H and O–H groups in total. The number of hydrogen-bond donors (Lipinski definition) is 1. The van der Waals surface area contributed by atoms with Crippen molar-refractivity contribution < 1.29 is 0 Å². The van der Waals surface area contributed by atoms with Gasteiger partial charge in [0, 0.05) is 25.7 Å². The van der Waals surface area contributed by atoms with Gasteiger partial charge in [0.1, 0.15) is 0 Å². The van der Waals surface area contributed by atoms with Gasteiger partial charge in [-0.15, -0.1) is 0 Å². The minimum absolute atomic E-state index is 0.797. The third-order valence-electron chi connectivity index (χ3n) is 4.62. The number of likely N-dealkylation sites (N-methyl/N-ethyl adjacent to an activating group) is 1. The zero-order chi connectivity index (χ0) is 12.8. The van der Waals surface area contributed by atoms with Crippen LogP contribution in [0.4, 0.5) is 0 Å². The van der Waals surface area contributed by atoms with E-state index in [0.29, 0.717) is 0 Å². The molecule has 0 aromatic carbocycles. The lowest BCUT2D eigenvalue weighted by Crippen LogP contribution is -2.40. The van der Waals surface area contributed by atoms with Gasteiger partial charge in [-0.05, 0) is 58.3 Å². The molecule has 0 amide bonds. The van der Waals surface area contributed by atoms with Gasteiger partial charge >= 0.3 is 0 Å². The van der Waals surface area contributed by atoms with E-state index in [2.05, 4.69) is 29.1 Å². The van der Waals surface area contributed by atoms with Crippen LogP contribution in [0.15, 0.2) is 0 Å². The summed E-state index contributed by atoms with van der Waals surface area (Å²) in [6.07, 6.45) is 6.87. The fourth-order valence-corrected chi connectivity index (χ4v) is 3.47. The van der Waals surface area contributed by atoms with Crippen LogP contribution in [0.3, 0.4) is 0 Å². The first kappa shape index (κ1) is 14.3. The van der Waals surface area contributed by atoms with Crippen molar-refractivity contribution >= 4 is 0 Å². The van der Waals surface area contributed by atoms with Crippen LogP contribution in [-0.4, -0.2) is 62.2 Å². The Hall–Kier alpha value is -0.120. The summed E-state index contributed by atoms with van der Waals surface area (Å²) in [6.45, 7) is 9.90. The molecule has 2 aliphatic rings. The molecule has 0 aromatic heterocycles. The molecule has 0 radical (unpaired) electrons. The molecule has 1 aliphatic heterocycles. The van der Waals surface area contributed by atoms with Crippen LogP contribution in [0.1, 0.15) is 39.0 Å². The lowest BCUT2D eigenvalue weighted by atomic mass is 10.0. The molecule has 2 atom stereocenters. The standard InChI is InChI=1S/C15H31N3/c1-3-8-16-15-7-4-6-14(15)13-18-10-5-9-17(2)11-12-18/h14-16H,3-13H2,1-2H3.